The Balaban J connectivity index is 2.27. The third-order valence-corrected chi connectivity index (χ3v) is 11.1. The van der Waals surface area contributed by atoms with Gasteiger partial charge in [0.2, 0.25) is 17.7 Å². The molecule has 3 amide bonds. The molecule has 0 radical (unpaired) electrons. The van der Waals surface area contributed by atoms with Gasteiger partial charge in [-0.3, -0.25) is 24.2 Å². The van der Waals surface area contributed by atoms with Gasteiger partial charge in [0.15, 0.2) is 6.29 Å². The molecule has 1 aromatic carbocycles. The third kappa shape index (κ3) is 12.7. The molecular formula is C40H71N5O8. The van der Waals surface area contributed by atoms with Gasteiger partial charge >= 0.3 is 0 Å². The van der Waals surface area contributed by atoms with E-state index in [1.165, 1.54) is 7.11 Å². The molecule has 0 aliphatic carbocycles. The van der Waals surface area contributed by atoms with Gasteiger partial charge in [0.05, 0.1) is 48.7 Å². The Kier molecular flexibility index (Phi) is 19.3. The van der Waals surface area contributed by atoms with E-state index in [9.17, 15) is 29.7 Å². The van der Waals surface area contributed by atoms with Crippen molar-refractivity contribution in [2.75, 3.05) is 41.9 Å². The van der Waals surface area contributed by atoms with Crippen molar-refractivity contribution in [3.8, 4) is 0 Å². The maximum atomic E-state index is 14.2. The first kappa shape index (κ1) is 46.5. The van der Waals surface area contributed by atoms with Crippen LogP contribution >= 0.6 is 0 Å². The number of hydrogen-bond donors (Lipinski definition) is 5. The molecule has 0 spiro atoms. The van der Waals surface area contributed by atoms with Crippen molar-refractivity contribution in [1.82, 2.24) is 25.3 Å². The predicted molar refractivity (Wildman–Crippen MR) is 207 cm³/mol. The lowest BCUT2D eigenvalue weighted by Gasteiger charge is -2.44. The summed E-state index contributed by atoms with van der Waals surface area (Å²) >= 11 is 0. The maximum absolute atomic E-state index is 14.2. The molecule has 1 fully saturated rings. The van der Waals surface area contributed by atoms with Crippen LogP contribution in [0.15, 0.2) is 30.3 Å². The zero-order valence-corrected chi connectivity index (χ0v) is 34.4. The molecule has 53 heavy (non-hydrogen) atoms. The van der Waals surface area contributed by atoms with Crippen LogP contribution < -0.4 is 10.6 Å². The summed E-state index contributed by atoms with van der Waals surface area (Å²) in [4.78, 5) is 46.7. The molecule has 1 aliphatic rings. The molecule has 1 aromatic rings. The van der Waals surface area contributed by atoms with Crippen LogP contribution in [0.5, 0.6) is 0 Å². The minimum atomic E-state index is -1.76. The van der Waals surface area contributed by atoms with Gasteiger partial charge in [0.25, 0.3) is 0 Å². The van der Waals surface area contributed by atoms with Gasteiger partial charge in [0.1, 0.15) is 6.23 Å². The normalized spacial score (nSPS) is 20.3. The molecule has 1 heterocycles. The van der Waals surface area contributed by atoms with Gasteiger partial charge in [-0.2, -0.15) is 0 Å². The van der Waals surface area contributed by atoms with E-state index >= 15 is 0 Å². The number of nitrogens with one attached hydrogen (secondary N) is 2. The van der Waals surface area contributed by atoms with E-state index in [0.717, 1.165) is 18.4 Å². The smallest absolute Gasteiger partial charge is 0.237 e. The average molecular weight is 750 g/mol. The number of nitrogens with zero attached hydrogens (tertiary/aromatic N) is 3. The summed E-state index contributed by atoms with van der Waals surface area (Å²) < 4.78 is 11.9. The van der Waals surface area contributed by atoms with E-state index in [2.05, 4.69) is 24.5 Å². The van der Waals surface area contributed by atoms with Crippen molar-refractivity contribution >= 4 is 17.7 Å². The van der Waals surface area contributed by atoms with E-state index in [0.29, 0.717) is 13.0 Å². The number of carbonyl (C=O) groups excluding carboxylic acids is 3. The number of ether oxygens (including phenoxy) is 2. The standard InChI is InChI=1S/C40H71N5O8/c1-13-26(6)35(44(10)39(49)33(24(2)3)42-38(48)34(25(4)5)43(8)9)31(52-11)23-32(46)45-21-17-20-30(45)36(53-12)27(7)37(47)41-29(40(50)51)22-28-18-15-14-16-19-28/h14-16,18-19,24-27,29-31,33-36,39-40,49-51H,13,17,20-23H2,1-12H3,(H,41,47)(H,42,48)/t26?,27?,29-,30?,31?,33-,34-,35-,36?,39?/m0/s1. The highest BCUT2D eigenvalue weighted by Crippen LogP contribution is 2.30. The molecule has 1 saturated heterocycles. The largest absolute Gasteiger partial charge is 0.379 e. The number of aliphatic hydroxyl groups is 3. The van der Waals surface area contributed by atoms with Gasteiger partial charge in [0, 0.05) is 26.8 Å². The highest BCUT2D eigenvalue weighted by Gasteiger charge is 2.43. The molecule has 304 valence electrons. The van der Waals surface area contributed by atoms with E-state index < -0.39 is 48.6 Å². The first-order chi connectivity index (χ1) is 24.9. The number of amides is 3. The van der Waals surface area contributed by atoms with E-state index in [4.69, 9.17) is 9.47 Å². The monoisotopic (exact) mass is 750 g/mol. The van der Waals surface area contributed by atoms with Crippen LogP contribution in [0.4, 0.5) is 0 Å². The molecular weight excluding hydrogens is 678 g/mol. The van der Waals surface area contributed by atoms with Crippen LogP contribution in [0.25, 0.3) is 0 Å². The molecule has 10 atom stereocenters. The lowest BCUT2D eigenvalue weighted by molar-refractivity contribution is -0.146. The summed E-state index contributed by atoms with van der Waals surface area (Å²) in [5, 5.41) is 37.9. The fourth-order valence-electron chi connectivity index (χ4n) is 8.00. The summed E-state index contributed by atoms with van der Waals surface area (Å²) in [5.41, 5.74) is 0.851. The zero-order valence-electron chi connectivity index (χ0n) is 34.4. The Bertz CT molecular complexity index is 1240. The van der Waals surface area contributed by atoms with Crippen molar-refractivity contribution in [3.63, 3.8) is 0 Å². The fraction of sp³-hybridized carbons (Fsp3) is 0.775. The minimum absolute atomic E-state index is 0.0247. The van der Waals surface area contributed by atoms with Gasteiger partial charge in [-0.15, -0.1) is 0 Å². The fourth-order valence-corrected chi connectivity index (χ4v) is 8.00. The molecule has 5 N–H and O–H groups in total. The highest BCUT2D eigenvalue weighted by atomic mass is 16.5. The topological polar surface area (TPSA) is 164 Å². The first-order valence-corrected chi connectivity index (χ1v) is 19.3. The van der Waals surface area contributed by atoms with Gasteiger partial charge in [-0.25, -0.2) is 0 Å². The second kappa shape index (κ2) is 22.0. The summed E-state index contributed by atoms with van der Waals surface area (Å²) in [6.07, 6.45) is -1.62. The summed E-state index contributed by atoms with van der Waals surface area (Å²) in [7, 11) is 8.66. The Morgan fingerprint density at radius 1 is 0.906 bits per heavy atom. The molecule has 13 heteroatoms. The molecule has 2 rings (SSSR count). The second-order valence-electron chi connectivity index (χ2n) is 15.9. The Labute approximate surface area is 318 Å². The first-order valence-electron chi connectivity index (χ1n) is 19.3. The third-order valence-electron chi connectivity index (χ3n) is 11.1. The minimum Gasteiger partial charge on any atom is -0.379 e. The SMILES string of the molecule is CCC(C)[C@@H](C(CC(=O)N1CCCC1C(OC)C(C)C(=O)N[C@@H](Cc1ccccc1)C(O)O)OC)N(C)C(O)[C@@H](NC(=O)[C@H](C(C)C)N(C)C)C(C)C. The van der Waals surface area contributed by atoms with Crippen LogP contribution in [0.2, 0.25) is 0 Å². The Morgan fingerprint density at radius 2 is 1.53 bits per heavy atom. The number of rotatable bonds is 22. The van der Waals surface area contributed by atoms with Crippen molar-refractivity contribution in [1.29, 1.82) is 0 Å². The number of carbonyl (C=O) groups is 3. The Morgan fingerprint density at radius 3 is 2.02 bits per heavy atom. The Hall–Kier alpha value is -2.65. The molecule has 0 aromatic heterocycles. The highest BCUT2D eigenvalue weighted by molar-refractivity contribution is 5.82. The van der Waals surface area contributed by atoms with Crippen LogP contribution in [0.3, 0.4) is 0 Å². The van der Waals surface area contributed by atoms with Gasteiger partial charge < -0.3 is 40.3 Å². The lowest BCUT2D eigenvalue weighted by atomic mass is 9.89. The summed E-state index contributed by atoms with van der Waals surface area (Å²) in [6.45, 7) is 14.3. The van der Waals surface area contributed by atoms with Crippen LogP contribution in [-0.2, 0) is 30.3 Å². The predicted octanol–water partition coefficient (Wildman–Crippen LogP) is 2.46. The average Bonchev–Trinajstić information content (AvgIpc) is 3.59. The lowest BCUT2D eigenvalue weighted by Crippen LogP contribution is -2.61. The van der Waals surface area contributed by atoms with E-state index in [1.54, 1.807) is 18.9 Å². The number of methoxy groups -OCH3 is 2. The number of likely N-dealkylation sites (N-methyl/N-ethyl adjacent to an activating group) is 2. The van der Waals surface area contributed by atoms with Crippen molar-refractivity contribution < 1.29 is 39.2 Å². The molecule has 13 nitrogen and oxygen atoms in total. The van der Waals surface area contributed by atoms with Gasteiger partial charge in [-0.05, 0) is 63.7 Å². The molecule has 0 saturated carbocycles. The van der Waals surface area contributed by atoms with Crippen LogP contribution in [0.1, 0.15) is 79.7 Å². The number of aliphatic hydroxyl groups excluding tert-OH is 2. The summed E-state index contributed by atoms with van der Waals surface area (Å²) in [6, 6.07) is 6.67. The number of hydrogen-bond acceptors (Lipinski definition) is 10. The second-order valence-corrected chi connectivity index (χ2v) is 15.9. The van der Waals surface area contributed by atoms with Crippen molar-refractivity contribution in [3.05, 3.63) is 35.9 Å². The van der Waals surface area contributed by atoms with Crippen molar-refractivity contribution in [2.45, 2.75) is 136 Å². The summed E-state index contributed by atoms with van der Waals surface area (Å²) in [5.74, 6) is -1.38. The maximum Gasteiger partial charge on any atom is 0.237 e. The quantitative estimate of drug-likeness (QED) is 0.111. The zero-order chi connectivity index (χ0) is 40.2. The van der Waals surface area contributed by atoms with Crippen LogP contribution in [-0.4, -0.2) is 145 Å². The van der Waals surface area contributed by atoms with E-state index in [-0.39, 0.29) is 60.5 Å². The van der Waals surface area contributed by atoms with Crippen molar-refractivity contribution in [2.24, 2.45) is 23.7 Å². The van der Waals surface area contributed by atoms with Crippen LogP contribution in [0, 0.1) is 23.7 Å². The molecule has 0 bridgehead atoms. The molecule has 1 aliphatic heterocycles. The molecule has 6 unspecified atom stereocenters. The number of benzene rings is 1. The van der Waals surface area contributed by atoms with Gasteiger partial charge in [-0.1, -0.05) is 85.2 Å². The van der Waals surface area contributed by atoms with E-state index in [1.807, 2.05) is 89.0 Å². The number of likely N-dealkylation sites (tertiary alicyclic amines) is 1.